The standard InChI is InChI=1S/C15H15Br2NO4S/c1-14(21)8-23-13-15(16,17)12(20)18(13)10(14)11(19)22-7-9-5-3-2-4-6-9/h2-6,10,13,21H,7-8H2,1H3/t10?,13-,14+/m0/s1. The molecular formula is C15H15Br2NO4S. The Morgan fingerprint density at radius 3 is 2.74 bits per heavy atom. The van der Waals surface area contributed by atoms with Gasteiger partial charge in [-0.05, 0) is 12.5 Å². The molecule has 0 aliphatic carbocycles. The second-order valence-electron chi connectivity index (χ2n) is 5.85. The van der Waals surface area contributed by atoms with Crippen LogP contribution in [0.25, 0.3) is 0 Å². The van der Waals surface area contributed by atoms with Crippen LogP contribution in [0.15, 0.2) is 30.3 Å². The van der Waals surface area contributed by atoms with Gasteiger partial charge in [0.2, 0.25) is 0 Å². The minimum atomic E-state index is -1.33. The SMILES string of the molecule is C[C@@]1(O)CS[C@@H]2N(C(=O)C2(Br)Br)C1C(=O)OCc1ccccc1. The molecule has 0 bridgehead atoms. The maximum absolute atomic E-state index is 12.5. The first-order valence-electron chi connectivity index (χ1n) is 7.00. The van der Waals surface area contributed by atoms with Crippen LogP contribution in [0.4, 0.5) is 0 Å². The van der Waals surface area contributed by atoms with E-state index in [4.69, 9.17) is 4.74 Å². The first kappa shape index (κ1) is 17.3. The summed E-state index contributed by atoms with van der Waals surface area (Å²) >= 11 is 8.08. The van der Waals surface area contributed by atoms with Gasteiger partial charge in [-0.3, -0.25) is 4.79 Å². The predicted octanol–water partition coefficient (Wildman–Crippen LogP) is 2.25. The molecular weight excluding hydrogens is 450 g/mol. The largest absolute Gasteiger partial charge is 0.459 e. The highest BCUT2D eigenvalue weighted by molar-refractivity contribution is 9.26. The minimum absolute atomic E-state index is 0.111. The molecule has 0 saturated carbocycles. The van der Waals surface area contributed by atoms with E-state index in [1.54, 1.807) is 6.92 Å². The third-order valence-corrected chi connectivity index (χ3v) is 7.73. The van der Waals surface area contributed by atoms with Gasteiger partial charge < -0.3 is 14.7 Å². The summed E-state index contributed by atoms with van der Waals surface area (Å²) in [5.74, 6) is -0.532. The summed E-state index contributed by atoms with van der Waals surface area (Å²) in [5.41, 5.74) is -0.478. The van der Waals surface area contributed by atoms with Gasteiger partial charge in [-0.25, -0.2) is 4.79 Å². The highest BCUT2D eigenvalue weighted by atomic mass is 79.9. The van der Waals surface area contributed by atoms with Crippen molar-refractivity contribution in [2.75, 3.05) is 5.75 Å². The number of carbonyl (C=O) groups excluding carboxylic acids is 2. The average Bonchev–Trinajstić information content (AvgIpc) is 2.52. The Balaban J connectivity index is 1.75. The molecule has 0 spiro atoms. The quantitative estimate of drug-likeness (QED) is 0.422. The lowest BCUT2D eigenvalue weighted by molar-refractivity contribution is -0.175. The summed E-state index contributed by atoms with van der Waals surface area (Å²) in [6, 6.07) is 8.28. The van der Waals surface area contributed by atoms with Gasteiger partial charge in [-0.15, -0.1) is 11.8 Å². The van der Waals surface area contributed by atoms with Crippen molar-refractivity contribution in [1.82, 2.24) is 4.90 Å². The number of halogens is 2. The molecule has 2 fully saturated rings. The van der Waals surface area contributed by atoms with Gasteiger partial charge in [0.1, 0.15) is 17.6 Å². The minimum Gasteiger partial charge on any atom is -0.459 e. The molecule has 1 aromatic carbocycles. The molecule has 1 aromatic rings. The van der Waals surface area contributed by atoms with E-state index < -0.39 is 20.8 Å². The molecule has 1 N–H and O–H groups in total. The van der Waals surface area contributed by atoms with Crippen LogP contribution in [-0.4, -0.2) is 47.9 Å². The monoisotopic (exact) mass is 463 g/mol. The highest BCUT2D eigenvalue weighted by Crippen LogP contribution is 2.54. The van der Waals surface area contributed by atoms with Gasteiger partial charge in [-0.2, -0.15) is 0 Å². The van der Waals surface area contributed by atoms with E-state index in [0.717, 1.165) is 5.56 Å². The van der Waals surface area contributed by atoms with Gasteiger partial charge in [0, 0.05) is 5.75 Å². The fourth-order valence-corrected chi connectivity index (χ4v) is 5.72. The molecule has 2 aliphatic heterocycles. The van der Waals surface area contributed by atoms with E-state index in [9.17, 15) is 14.7 Å². The normalized spacial score (nSPS) is 32.0. The molecule has 23 heavy (non-hydrogen) atoms. The van der Waals surface area contributed by atoms with Gasteiger partial charge in [0.15, 0.2) is 9.28 Å². The number of alkyl halides is 2. The van der Waals surface area contributed by atoms with Crippen molar-refractivity contribution >= 4 is 55.5 Å². The van der Waals surface area contributed by atoms with Gasteiger partial charge >= 0.3 is 5.97 Å². The zero-order chi connectivity index (χ0) is 16.8. The lowest BCUT2D eigenvalue weighted by Crippen LogP contribution is -2.77. The van der Waals surface area contributed by atoms with Crippen molar-refractivity contribution in [3.05, 3.63) is 35.9 Å². The third-order valence-electron chi connectivity index (χ3n) is 3.93. The van der Waals surface area contributed by atoms with Crippen LogP contribution >= 0.6 is 43.6 Å². The van der Waals surface area contributed by atoms with Crippen LogP contribution in [0.5, 0.6) is 0 Å². The molecule has 8 heteroatoms. The summed E-state index contributed by atoms with van der Waals surface area (Å²) in [4.78, 5) is 26.2. The Kier molecular flexibility index (Phi) is 4.54. The molecule has 3 atom stereocenters. The third kappa shape index (κ3) is 2.94. The fourth-order valence-electron chi connectivity index (χ4n) is 2.73. The maximum Gasteiger partial charge on any atom is 0.332 e. The summed E-state index contributed by atoms with van der Waals surface area (Å²) in [7, 11) is 0. The lowest BCUT2D eigenvalue weighted by atomic mass is 9.93. The van der Waals surface area contributed by atoms with Crippen molar-refractivity contribution in [2.45, 2.75) is 33.8 Å². The number of amides is 1. The van der Waals surface area contributed by atoms with Crippen molar-refractivity contribution < 1.29 is 19.4 Å². The molecule has 0 radical (unpaired) electrons. The summed E-state index contributed by atoms with van der Waals surface area (Å²) in [5, 5.41) is 10.3. The van der Waals surface area contributed by atoms with Crippen molar-refractivity contribution in [3.8, 4) is 0 Å². The number of β-lactam (4-membered cyclic amide) rings is 1. The zero-order valence-electron chi connectivity index (χ0n) is 12.2. The van der Waals surface area contributed by atoms with Crippen LogP contribution in [-0.2, 0) is 20.9 Å². The van der Waals surface area contributed by atoms with E-state index in [0.29, 0.717) is 5.75 Å². The number of aliphatic hydroxyl groups is 1. The first-order chi connectivity index (χ1) is 10.7. The first-order valence-corrected chi connectivity index (χ1v) is 9.64. The summed E-state index contributed by atoms with van der Waals surface area (Å²) in [6.45, 7) is 1.67. The fraction of sp³-hybridized carbons (Fsp3) is 0.467. The van der Waals surface area contributed by atoms with Crippen LogP contribution < -0.4 is 0 Å². The number of rotatable bonds is 3. The van der Waals surface area contributed by atoms with Crippen molar-refractivity contribution in [2.24, 2.45) is 0 Å². The number of ether oxygens (including phenoxy) is 1. The Morgan fingerprint density at radius 1 is 1.43 bits per heavy atom. The number of nitrogens with zero attached hydrogens (tertiary/aromatic N) is 1. The van der Waals surface area contributed by atoms with E-state index in [-0.39, 0.29) is 17.9 Å². The second kappa shape index (κ2) is 6.06. The Morgan fingerprint density at radius 2 is 2.09 bits per heavy atom. The molecule has 0 aromatic heterocycles. The molecule has 5 nitrogen and oxygen atoms in total. The molecule has 3 rings (SSSR count). The number of fused-ring (bicyclic) bond motifs is 1. The smallest absolute Gasteiger partial charge is 0.332 e. The van der Waals surface area contributed by atoms with E-state index in [1.165, 1.54) is 16.7 Å². The Labute approximate surface area is 155 Å². The van der Waals surface area contributed by atoms with Crippen LogP contribution in [0.3, 0.4) is 0 Å². The molecule has 1 unspecified atom stereocenters. The van der Waals surface area contributed by atoms with E-state index >= 15 is 0 Å². The molecule has 2 aliphatic rings. The van der Waals surface area contributed by atoms with Crippen molar-refractivity contribution in [1.29, 1.82) is 0 Å². The molecule has 2 heterocycles. The topological polar surface area (TPSA) is 66.8 Å². The second-order valence-corrected chi connectivity index (χ2v) is 10.5. The zero-order valence-corrected chi connectivity index (χ0v) is 16.2. The molecule has 2 saturated heterocycles. The lowest BCUT2D eigenvalue weighted by Gasteiger charge is -2.58. The van der Waals surface area contributed by atoms with Gasteiger partial charge in [0.05, 0.1) is 0 Å². The number of carbonyl (C=O) groups is 2. The average molecular weight is 465 g/mol. The number of benzene rings is 1. The van der Waals surface area contributed by atoms with Crippen LogP contribution in [0.2, 0.25) is 0 Å². The maximum atomic E-state index is 12.5. The van der Waals surface area contributed by atoms with Crippen LogP contribution in [0, 0.1) is 0 Å². The number of hydrogen-bond acceptors (Lipinski definition) is 5. The summed E-state index contributed by atoms with van der Waals surface area (Å²) < 4.78 is 4.46. The number of hydrogen-bond donors (Lipinski definition) is 1. The summed E-state index contributed by atoms with van der Waals surface area (Å²) in [6.07, 6.45) is 0. The molecule has 124 valence electrons. The Bertz CT molecular complexity index is 638. The van der Waals surface area contributed by atoms with E-state index in [2.05, 4.69) is 31.9 Å². The van der Waals surface area contributed by atoms with Crippen LogP contribution in [0.1, 0.15) is 12.5 Å². The van der Waals surface area contributed by atoms with Gasteiger partial charge in [-0.1, -0.05) is 62.2 Å². The van der Waals surface area contributed by atoms with E-state index in [1.807, 2.05) is 30.3 Å². The van der Waals surface area contributed by atoms with Gasteiger partial charge in [0.25, 0.3) is 5.91 Å². The Hall–Kier alpha value is -0.570. The predicted molar refractivity (Wildman–Crippen MR) is 94.3 cm³/mol. The number of thioether (sulfide) groups is 1. The van der Waals surface area contributed by atoms with Crippen molar-refractivity contribution in [3.63, 3.8) is 0 Å². The molecule has 1 amide bonds. The number of esters is 1. The highest BCUT2D eigenvalue weighted by Gasteiger charge is 2.67.